The lowest BCUT2D eigenvalue weighted by molar-refractivity contribution is -0.142. The number of carbonyl (C=O) groups excluding carboxylic acids is 4. The minimum atomic E-state index is -7.82. The summed E-state index contributed by atoms with van der Waals surface area (Å²) in [6.45, 7) is 0. The molecule has 0 saturated heterocycles. The number of rotatable bonds is 18. The molecule has 0 heterocycles. The van der Waals surface area contributed by atoms with Gasteiger partial charge in [-0.15, -0.1) is 0 Å². The van der Waals surface area contributed by atoms with Gasteiger partial charge in [-0.3, -0.25) is 54.6 Å². The van der Waals surface area contributed by atoms with Gasteiger partial charge < -0.3 is 16.7 Å². The van der Waals surface area contributed by atoms with E-state index in [1.54, 1.807) is 0 Å². The third kappa shape index (κ3) is 11.5. The first-order valence-corrected chi connectivity index (χ1v) is 28.6. The average molecular weight is 1200 g/mol. The molecule has 0 saturated carbocycles. The molecule has 0 aromatic carbocycles. The summed E-state index contributed by atoms with van der Waals surface area (Å²) in [5, 5.41) is 0. The van der Waals surface area contributed by atoms with Crippen molar-refractivity contribution in [3.05, 3.63) is 0 Å². The van der Waals surface area contributed by atoms with Gasteiger partial charge in [0, 0.05) is 0 Å². The van der Waals surface area contributed by atoms with Crippen molar-refractivity contribution in [2.24, 2.45) is 0 Å². The summed E-state index contributed by atoms with van der Waals surface area (Å²) in [7, 11) is -89.0. The van der Waals surface area contributed by atoms with Crippen molar-refractivity contribution in [1.29, 1.82) is 0 Å². The van der Waals surface area contributed by atoms with E-state index in [0.717, 1.165) is 0 Å². The fourth-order valence-electron chi connectivity index (χ4n) is 3.87. The Labute approximate surface area is 352 Å². The minimum absolute atomic E-state index is 2.67. The second-order valence-corrected chi connectivity index (χ2v) is 27.1. The van der Waals surface area contributed by atoms with Crippen LogP contribution in [0, 0.1) is 0 Å². The van der Waals surface area contributed by atoms with Crippen LogP contribution >= 0.6 is 0 Å². The molecule has 0 radical (unpaired) electrons. The Morgan fingerprint density at radius 1 is 0.219 bits per heavy atom. The highest BCUT2D eigenvalue weighted by molar-refractivity contribution is 8.15. The first-order chi connectivity index (χ1) is 27.0. The SMILES string of the molecule is O=C(OS(=O)(=O)O)C(C(C(=O)OS(=O)(=O)O)(S(=O)(=O)O)S(=O)(=O)O)(S(=O)(=O)O)S(=O)(=O)O.O=C(OS(=O)(=O)O)C(C(C(=O)OS(=O)(=O)O)(S(=O)(=O)O)S(=O)(=O)O)(S(=O)(=O)O)S(=O)(=O)O. The molecule has 0 aliphatic rings. The molecule has 0 fully saturated rings. The zero-order valence-electron chi connectivity index (χ0n) is 27.3. The van der Waals surface area contributed by atoms with Gasteiger partial charge in [-0.1, -0.05) is 0 Å². The average Bonchev–Trinajstić information content (AvgIpc) is 2.84. The molecule has 0 rings (SSSR count). The molecular formula is C8H12O44S12. The Morgan fingerprint density at radius 2 is 0.297 bits per heavy atom. The third-order valence-corrected chi connectivity index (χ3v) is 22.7. The normalized spacial score (nSPS) is 15.1. The first-order valence-electron chi connectivity index (χ1n) is 11.6. The van der Waals surface area contributed by atoms with Gasteiger partial charge in [0.25, 0.3) is 0 Å². The van der Waals surface area contributed by atoms with Crippen molar-refractivity contribution in [3.8, 4) is 0 Å². The Morgan fingerprint density at radius 3 is 0.344 bits per heavy atom. The summed E-state index contributed by atoms with van der Waals surface area (Å²) in [4.78, 5) is 47.9. The van der Waals surface area contributed by atoms with Crippen molar-refractivity contribution >= 4 is 146 Å². The number of hydrogen-bond donors (Lipinski definition) is 12. The zero-order valence-corrected chi connectivity index (χ0v) is 37.1. The molecule has 0 aliphatic carbocycles. The monoisotopic (exact) mass is 1200 g/mol. The van der Waals surface area contributed by atoms with E-state index in [4.69, 9.17) is 54.6 Å². The van der Waals surface area contributed by atoms with Gasteiger partial charge in [0.15, 0.2) is 0 Å². The van der Waals surface area contributed by atoms with E-state index in [9.17, 15) is 120 Å². The maximum Gasteiger partial charge on any atom is 0.449 e. The second kappa shape index (κ2) is 17.5. The molecule has 64 heavy (non-hydrogen) atoms. The molecule has 56 heteroatoms. The van der Waals surface area contributed by atoms with E-state index >= 15 is 0 Å². The molecule has 0 atom stereocenters. The van der Waals surface area contributed by atoms with E-state index < -0.39 is 163 Å². The van der Waals surface area contributed by atoms with Crippen LogP contribution in [0.1, 0.15) is 0 Å². The summed E-state index contributed by atoms with van der Waals surface area (Å²) in [5.74, 6) is -16.9. The Balaban J connectivity index is 0. The van der Waals surface area contributed by atoms with Gasteiger partial charge in [-0.2, -0.15) is 101 Å². The Hall–Kier alpha value is -3.20. The van der Waals surface area contributed by atoms with Crippen molar-refractivity contribution < 1.29 is 192 Å². The molecule has 380 valence electrons. The molecule has 44 nitrogen and oxygen atoms in total. The molecule has 0 aromatic rings. The standard InChI is InChI=1S/2C4H6O22S6/c2*5-1(25-31(19,20)21)3(27(7,8)9,28(10,11)12)4(29(13,14)15,30(16,17)18)2(6)26-32(22,23)24/h2*(H,7,8,9)(H,10,11,12)(H,13,14,15)(H,16,17,18)(H,19,20,21)(H,22,23,24). The van der Waals surface area contributed by atoms with Gasteiger partial charge in [-0.25, -0.2) is 19.2 Å². The lowest BCUT2D eigenvalue weighted by Gasteiger charge is -2.35. The summed E-state index contributed by atoms with van der Waals surface area (Å²) in [5.41, 5.74) is 0. The summed E-state index contributed by atoms with van der Waals surface area (Å²) < 4.78 is 363. The van der Waals surface area contributed by atoms with Crippen LogP contribution in [0.3, 0.4) is 0 Å². The lowest BCUT2D eigenvalue weighted by Crippen LogP contribution is -2.77. The van der Waals surface area contributed by atoms with Crippen LogP contribution in [0.15, 0.2) is 0 Å². The topological polar surface area (TPSA) is 758 Å². The molecule has 0 aromatic heterocycles. The van der Waals surface area contributed by atoms with Gasteiger partial charge in [-0.05, 0) is 0 Å². The van der Waals surface area contributed by atoms with Gasteiger partial charge in [0.1, 0.15) is 0 Å². The van der Waals surface area contributed by atoms with Crippen LogP contribution in [-0.4, -0.2) is 196 Å². The Kier molecular flexibility index (Phi) is 17.2. The second-order valence-electron chi connectivity index (χ2n) is 9.46. The number of carbonyl (C=O) groups is 4. The highest BCUT2D eigenvalue weighted by Crippen LogP contribution is 2.48. The Bertz CT molecular complexity index is 2790. The van der Waals surface area contributed by atoms with Gasteiger partial charge >= 0.3 is 163 Å². The van der Waals surface area contributed by atoms with E-state index in [1.165, 1.54) is 0 Å². The summed E-state index contributed by atoms with van der Waals surface area (Å²) in [6, 6.07) is 0. The zero-order chi connectivity index (χ0) is 53.1. The van der Waals surface area contributed by atoms with Crippen molar-refractivity contribution in [2.75, 3.05) is 0 Å². The third-order valence-electron chi connectivity index (χ3n) is 5.57. The fourth-order valence-corrected chi connectivity index (χ4v) is 20.3. The predicted molar refractivity (Wildman–Crippen MR) is 174 cm³/mol. The lowest BCUT2D eigenvalue weighted by atomic mass is 10.3. The predicted octanol–water partition coefficient (Wildman–Crippen LogP) is -10.8. The molecule has 0 amide bonds. The van der Waals surface area contributed by atoms with Crippen molar-refractivity contribution in [3.63, 3.8) is 0 Å². The maximum absolute atomic E-state index is 12.0. The number of hydrogen-bond acceptors (Lipinski definition) is 32. The highest BCUT2D eigenvalue weighted by atomic mass is 32.3. The van der Waals surface area contributed by atoms with E-state index in [2.05, 4.69) is 16.7 Å². The first kappa shape index (κ1) is 62.9. The highest BCUT2D eigenvalue weighted by Gasteiger charge is 2.92. The fraction of sp³-hybridized carbons (Fsp3) is 0.500. The van der Waals surface area contributed by atoms with E-state index in [0.29, 0.717) is 0 Å². The maximum atomic E-state index is 12.0. The molecule has 0 spiro atoms. The van der Waals surface area contributed by atoms with Crippen LogP contribution in [0.25, 0.3) is 0 Å². The van der Waals surface area contributed by atoms with Gasteiger partial charge in [0.2, 0.25) is 0 Å². The van der Waals surface area contributed by atoms with Crippen molar-refractivity contribution in [2.45, 2.75) is 16.3 Å². The van der Waals surface area contributed by atoms with E-state index in [-0.39, 0.29) is 0 Å². The van der Waals surface area contributed by atoms with Crippen molar-refractivity contribution in [1.82, 2.24) is 0 Å². The quantitative estimate of drug-likeness (QED) is 0.0567. The molecule has 0 unspecified atom stereocenters. The van der Waals surface area contributed by atoms with Crippen LogP contribution < -0.4 is 0 Å². The molecule has 0 bridgehead atoms. The molecule has 0 aliphatic heterocycles. The largest absolute Gasteiger partial charge is 0.449 e. The van der Waals surface area contributed by atoms with Crippen LogP contribution in [0.4, 0.5) is 0 Å². The van der Waals surface area contributed by atoms with Gasteiger partial charge in [0.05, 0.1) is 0 Å². The smallest absolute Gasteiger partial charge is 0.322 e. The van der Waals surface area contributed by atoms with Crippen LogP contribution in [0.5, 0.6) is 0 Å². The van der Waals surface area contributed by atoms with E-state index in [1.807, 2.05) is 0 Å². The minimum Gasteiger partial charge on any atom is -0.322 e. The van der Waals surface area contributed by atoms with Crippen LogP contribution in [0.2, 0.25) is 0 Å². The summed E-state index contributed by atoms with van der Waals surface area (Å²) >= 11 is 0. The molecule has 12 N–H and O–H groups in total. The molecular weight excluding hydrogens is 1180 g/mol. The van der Waals surface area contributed by atoms with Crippen LogP contribution in [-0.2, 0) is 158 Å². The summed E-state index contributed by atoms with van der Waals surface area (Å²) in [6.07, 6.45) is 0.